The van der Waals surface area contributed by atoms with Gasteiger partial charge in [-0.05, 0) is 59.2 Å². The maximum absolute atomic E-state index is 9.55. The number of hydrogen-bond acceptors (Lipinski definition) is 4. The van der Waals surface area contributed by atoms with Crippen LogP contribution in [0.2, 0.25) is 0 Å². The predicted octanol–water partition coefficient (Wildman–Crippen LogP) is 4.52. The third-order valence-corrected chi connectivity index (χ3v) is 5.61. The van der Waals surface area contributed by atoms with Crippen LogP contribution in [-0.2, 0) is 22.4 Å². The Morgan fingerprint density at radius 2 is 1.62 bits per heavy atom. The summed E-state index contributed by atoms with van der Waals surface area (Å²) < 4.78 is 5.41. The minimum Gasteiger partial charge on any atom is -0.497 e. The number of benzene rings is 2. The van der Waals surface area contributed by atoms with Crippen molar-refractivity contribution in [2.24, 2.45) is 5.73 Å². The molecule has 0 saturated carbocycles. The molecule has 2 aromatic carbocycles. The van der Waals surface area contributed by atoms with Crippen molar-refractivity contribution in [3.8, 4) is 5.75 Å². The Kier molecular flexibility index (Phi) is 9.95. The molecule has 0 bridgehead atoms. The monoisotopic (exact) mass is 439 g/mol. The molecule has 0 fully saturated rings. The molecule has 0 amide bonds. The number of unbranched alkanes of at least 4 members (excludes halogenated alkanes) is 3. The molecule has 3 rings (SSSR count). The number of ether oxygens (including phenoxy) is 1. The van der Waals surface area contributed by atoms with Crippen molar-refractivity contribution in [3.63, 3.8) is 0 Å². The summed E-state index contributed by atoms with van der Waals surface area (Å²) in [5, 5.41) is 15.6. The van der Waals surface area contributed by atoms with Crippen LogP contribution in [0.5, 0.6) is 5.75 Å². The van der Waals surface area contributed by atoms with Gasteiger partial charge in [-0.25, -0.2) is 9.59 Å². The van der Waals surface area contributed by atoms with Gasteiger partial charge in [0.2, 0.25) is 0 Å². The molecule has 6 heteroatoms. The van der Waals surface area contributed by atoms with Crippen LogP contribution >= 0.6 is 0 Å². The third-order valence-electron chi connectivity index (χ3n) is 5.61. The summed E-state index contributed by atoms with van der Waals surface area (Å²) in [7, 11) is 1.73. The lowest BCUT2D eigenvalue weighted by Gasteiger charge is -2.28. The quantitative estimate of drug-likeness (QED) is 0.391. The van der Waals surface area contributed by atoms with Crippen LogP contribution in [0.15, 0.2) is 48.6 Å². The Labute approximate surface area is 189 Å². The Morgan fingerprint density at radius 3 is 2.19 bits per heavy atom. The topological polar surface area (TPSA) is 110 Å². The molecular formula is C26H33NO5. The van der Waals surface area contributed by atoms with Crippen LogP contribution < -0.4 is 10.5 Å². The maximum atomic E-state index is 9.55. The molecule has 1 aliphatic rings. The van der Waals surface area contributed by atoms with Crippen LogP contribution in [0.25, 0.3) is 0 Å². The Bertz CT molecular complexity index is 935. The molecule has 0 heterocycles. The average Bonchev–Trinajstić information content (AvgIpc) is 2.78. The van der Waals surface area contributed by atoms with Crippen molar-refractivity contribution < 1.29 is 24.5 Å². The SMILES string of the molecule is CCCCCCc1ccc2c(c1)Cc1cc(OC)ccc1C2CN.O=C(O)/C=C/C(=O)O. The Balaban J connectivity index is 0.000000390. The summed E-state index contributed by atoms with van der Waals surface area (Å²) >= 11 is 0. The third kappa shape index (κ3) is 7.24. The minimum absolute atomic E-state index is 0.309. The molecule has 0 saturated heterocycles. The zero-order chi connectivity index (χ0) is 23.5. The van der Waals surface area contributed by atoms with Gasteiger partial charge in [0.05, 0.1) is 7.11 Å². The van der Waals surface area contributed by atoms with E-state index in [0.29, 0.717) is 24.6 Å². The highest BCUT2D eigenvalue weighted by Gasteiger charge is 2.25. The van der Waals surface area contributed by atoms with Crippen molar-refractivity contribution in [1.29, 1.82) is 0 Å². The van der Waals surface area contributed by atoms with Crippen molar-refractivity contribution >= 4 is 11.9 Å². The molecule has 6 nitrogen and oxygen atoms in total. The number of carboxylic acid groups (broad SMARTS) is 2. The fraction of sp³-hybridized carbons (Fsp3) is 0.385. The molecule has 1 aliphatic carbocycles. The van der Waals surface area contributed by atoms with E-state index >= 15 is 0 Å². The van der Waals surface area contributed by atoms with Crippen molar-refractivity contribution in [2.45, 2.75) is 51.4 Å². The van der Waals surface area contributed by atoms with E-state index in [1.165, 1.54) is 59.9 Å². The number of rotatable bonds is 9. The van der Waals surface area contributed by atoms with E-state index < -0.39 is 11.9 Å². The van der Waals surface area contributed by atoms with Gasteiger partial charge in [0.1, 0.15) is 5.75 Å². The van der Waals surface area contributed by atoms with Crippen LogP contribution in [0.4, 0.5) is 0 Å². The highest BCUT2D eigenvalue weighted by Crippen LogP contribution is 2.38. The number of hydrogen-bond donors (Lipinski definition) is 3. The van der Waals surface area contributed by atoms with Gasteiger partial charge >= 0.3 is 11.9 Å². The molecule has 1 unspecified atom stereocenters. The molecule has 1 atom stereocenters. The highest BCUT2D eigenvalue weighted by atomic mass is 16.5. The maximum Gasteiger partial charge on any atom is 0.328 e. The smallest absolute Gasteiger partial charge is 0.328 e. The second-order valence-corrected chi connectivity index (χ2v) is 7.88. The van der Waals surface area contributed by atoms with Crippen molar-refractivity contribution in [1.82, 2.24) is 0 Å². The molecule has 4 N–H and O–H groups in total. The molecule has 32 heavy (non-hydrogen) atoms. The highest BCUT2D eigenvalue weighted by molar-refractivity contribution is 5.89. The first-order valence-corrected chi connectivity index (χ1v) is 11.0. The summed E-state index contributed by atoms with van der Waals surface area (Å²) in [4.78, 5) is 19.1. The lowest BCUT2D eigenvalue weighted by molar-refractivity contribution is -0.134. The van der Waals surface area contributed by atoms with Gasteiger partial charge in [-0.15, -0.1) is 0 Å². The molecular weight excluding hydrogens is 406 g/mol. The number of aryl methyl sites for hydroxylation is 1. The summed E-state index contributed by atoms with van der Waals surface area (Å²) in [6.07, 6.45) is 8.54. The largest absolute Gasteiger partial charge is 0.497 e. The first kappa shape index (κ1) is 25.1. The molecule has 2 aromatic rings. The zero-order valence-corrected chi connectivity index (χ0v) is 18.8. The van der Waals surface area contributed by atoms with E-state index in [-0.39, 0.29) is 0 Å². The van der Waals surface area contributed by atoms with Crippen molar-refractivity contribution in [2.75, 3.05) is 13.7 Å². The van der Waals surface area contributed by atoms with Crippen LogP contribution in [-0.4, -0.2) is 35.8 Å². The van der Waals surface area contributed by atoms with Gasteiger partial charge in [0.15, 0.2) is 0 Å². The molecule has 0 radical (unpaired) electrons. The van der Waals surface area contributed by atoms with Gasteiger partial charge in [0, 0.05) is 24.6 Å². The Morgan fingerprint density at radius 1 is 1.00 bits per heavy atom. The normalized spacial score (nSPS) is 14.2. The molecule has 172 valence electrons. The van der Waals surface area contributed by atoms with Crippen LogP contribution in [0, 0.1) is 0 Å². The summed E-state index contributed by atoms with van der Waals surface area (Å²) in [5.41, 5.74) is 13.2. The fourth-order valence-corrected chi connectivity index (χ4v) is 4.03. The lowest BCUT2D eigenvalue weighted by Crippen LogP contribution is -2.21. The van der Waals surface area contributed by atoms with Gasteiger partial charge in [-0.1, -0.05) is 50.5 Å². The second-order valence-electron chi connectivity index (χ2n) is 7.88. The first-order valence-electron chi connectivity index (χ1n) is 11.0. The number of carboxylic acids is 2. The van der Waals surface area contributed by atoms with Gasteiger partial charge < -0.3 is 20.7 Å². The van der Waals surface area contributed by atoms with E-state index in [0.717, 1.165) is 12.2 Å². The summed E-state index contributed by atoms with van der Waals surface area (Å²) in [6.45, 7) is 2.92. The van der Waals surface area contributed by atoms with Crippen LogP contribution in [0.3, 0.4) is 0 Å². The predicted molar refractivity (Wildman–Crippen MR) is 125 cm³/mol. The second kappa shape index (κ2) is 12.7. The summed E-state index contributed by atoms with van der Waals surface area (Å²) in [6, 6.07) is 13.4. The average molecular weight is 440 g/mol. The van der Waals surface area contributed by atoms with Crippen molar-refractivity contribution in [3.05, 3.63) is 76.4 Å². The summed E-state index contributed by atoms with van der Waals surface area (Å²) in [5.74, 6) is -1.27. The zero-order valence-electron chi connectivity index (χ0n) is 18.8. The van der Waals surface area contributed by atoms with Gasteiger partial charge in [0.25, 0.3) is 0 Å². The van der Waals surface area contributed by atoms with E-state index in [1.54, 1.807) is 7.11 Å². The number of aliphatic carboxylic acids is 2. The minimum atomic E-state index is -1.26. The van der Waals surface area contributed by atoms with Gasteiger partial charge in [-0.2, -0.15) is 0 Å². The Hall–Kier alpha value is -3.12. The number of carbonyl (C=O) groups is 2. The van der Waals surface area contributed by atoms with E-state index in [2.05, 4.69) is 43.3 Å². The molecule has 0 aliphatic heterocycles. The standard InChI is InChI=1S/C22H29NO.C4H4O4/c1-3-4-5-6-7-16-8-10-20-17(12-16)13-18-14-19(24-2)9-11-21(18)22(20)15-23;5-3(6)1-2-4(7)8/h8-12,14,22H,3-7,13,15,23H2,1-2H3;1-2H,(H,5,6)(H,7,8)/b;2-1+. The van der Waals surface area contributed by atoms with E-state index in [4.69, 9.17) is 20.7 Å². The number of nitrogens with two attached hydrogens (primary N) is 1. The number of methoxy groups -OCH3 is 1. The van der Waals surface area contributed by atoms with Crippen LogP contribution in [0.1, 0.15) is 66.3 Å². The van der Waals surface area contributed by atoms with E-state index in [9.17, 15) is 9.59 Å². The lowest BCUT2D eigenvalue weighted by atomic mass is 9.77. The van der Waals surface area contributed by atoms with Gasteiger partial charge in [-0.3, -0.25) is 0 Å². The fourth-order valence-electron chi connectivity index (χ4n) is 4.03. The molecule has 0 spiro atoms. The van der Waals surface area contributed by atoms with E-state index in [1.807, 2.05) is 0 Å². The first-order chi connectivity index (χ1) is 15.4. The number of fused-ring (bicyclic) bond motifs is 2. The molecule has 0 aromatic heterocycles.